The first kappa shape index (κ1) is 11.2. The second-order valence-corrected chi connectivity index (χ2v) is 2.15. The summed E-state index contributed by atoms with van der Waals surface area (Å²) in [6.07, 6.45) is 0. The Balaban J connectivity index is 0.00000121. The van der Waals surface area contributed by atoms with Gasteiger partial charge < -0.3 is 4.74 Å². The summed E-state index contributed by atoms with van der Waals surface area (Å²) in [5, 5.41) is 0. The predicted octanol–water partition coefficient (Wildman–Crippen LogP) is 1.65. The van der Waals surface area contributed by atoms with Gasteiger partial charge in [-0.2, -0.15) is 18.6 Å². The number of methoxy groups -OCH3 is 1. The summed E-state index contributed by atoms with van der Waals surface area (Å²) < 4.78 is 4.54. The van der Waals surface area contributed by atoms with Crippen LogP contribution in [0, 0.1) is 6.92 Å². The molecule has 0 amide bonds. The molecule has 0 aromatic heterocycles. The summed E-state index contributed by atoms with van der Waals surface area (Å²) >= 11 is 0. The molecule has 0 unspecified atom stereocenters. The van der Waals surface area contributed by atoms with Crippen LogP contribution < -0.4 is 0 Å². The number of esters is 1. The first-order chi connectivity index (χ1) is 5.25. The van der Waals surface area contributed by atoms with Crippen molar-refractivity contribution >= 4 is 5.97 Å². The molecule has 0 aliphatic carbocycles. The van der Waals surface area contributed by atoms with Crippen molar-refractivity contribution < 1.29 is 29.0 Å². The Hall–Kier alpha value is -0.817. The van der Waals surface area contributed by atoms with E-state index in [-0.39, 0.29) is 25.4 Å². The van der Waals surface area contributed by atoms with Gasteiger partial charge in [-0.1, -0.05) is 6.07 Å². The molecule has 0 aliphatic heterocycles. The molecule has 0 heterocycles. The third-order valence-electron chi connectivity index (χ3n) is 1.42. The standard InChI is InChI=1S/C9H9O2.Zn/c1-7-5-3-4-6-8(7)9(10)11-2;/h3-6H,1H2,2H3;/q-1;+2. The van der Waals surface area contributed by atoms with E-state index < -0.39 is 0 Å². The van der Waals surface area contributed by atoms with Gasteiger partial charge in [-0.15, -0.1) is 12.1 Å². The van der Waals surface area contributed by atoms with Gasteiger partial charge in [-0.05, 0) is 5.56 Å². The summed E-state index contributed by atoms with van der Waals surface area (Å²) in [6.45, 7) is 3.69. The van der Waals surface area contributed by atoms with E-state index in [1.165, 1.54) is 7.11 Å². The third kappa shape index (κ3) is 2.35. The zero-order valence-electron chi connectivity index (χ0n) is 7.04. The van der Waals surface area contributed by atoms with Crippen LogP contribution in [0.5, 0.6) is 0 Å². The van der Waals surface area contributed by atoms with Crippen molar-refractivity contribution in [3.8, 4) is 0 Å². The van der Waals surface area contributed by atoms with Crippen LogP contribution in [-0.2, 0) is 24.2 Å². The van der Waals surface area contributed by atoms with Crippen LogP contribution in [-0.4, -0.2) is 13.1 Å². The molecule has 2 nitrogen and oxygen atoms in total. The molecule has 0 fully saturated rings. The second kappa shape index (κ2) is 4.94. The van der Waals surface area contributed by atoms with Crippen LogP contribution in [0.1, 0.15) is 15.9 Å². The minimum absolute atomic E-state index is 0. The maximum Gasteiger partial charge on any atom is 2.00 e. The number of hydrogen-bond acceptors (Lipinski definition) is 2. The van der Waals surface area contributed by atoms with Gasteiger partial charge in [0.15, 0.2) is 0 Å². The zero-order valence-corrected chi connectivity index (χ0v) is 10.0. The molecule has 12 heavy (non-hydrogen) atoms. The number of ether oxygens (including phenoxy) is 1. The molecular formula is C9H9O2Zn+. The van der Waals surface area contributed by atoms with Gasteiger partial charge in [0.1, 0.15) is 0 Å². The SMILES string of the molecule is [CH2-]c1ccccc1C(=O)OC.[Zn+2]. The molecule has 0 aliphatic rings. The molecular weight excluding hydrogens is 205 g/mol. The van der Waals surface area contributed by atoms with Crippen LogP contribution in [0.25, 0.3) is 0 Å². The van der Waals surface area contributed by atoms with Gasteiger partial charge in [-0.3, -0.25) is 4.79 Å². The van der Waals surface area contributed by atoms with E-state index in [0.29, 0.717) is 11.1 Å². The fraction of sp³-hybridized carbons (Fsp3) is 0.111. The third-order valence-corrected chi connectivity index (χ3v) is 1.42. The second-order valence-electron chi connectivity index (χ2n) is 2.15. The summed E-state index contributed by atoms with van der Waals surface area (Å²) in [4.78, 5) is 11.0. The summed E-state index contributed by atoms with van der Waals surface area (Å²) in [5.74, 6) is -0.337. The number of rotatable bonds is 1. The molecule has 0 saturated carbocycles. The largest absolute Gasteiger partial charge is 2.00 e. The molecule has 0 spiro atoms. The maximum absolute atomic E-state index is 11.0. The van der Waals surface area contributed by atoms with Gasteiger partial charge in [0.2, 0.25) is 0 Å². The first-order valence-electron chi connectivity index (χ1n) is 3.25. The molecule has 0 saturated heterocycles. The first-order valence-corrected chi connectivity index (χ1v) is 3.25. The van der Waals surface area contributed by atoms with Crippen molar-refractivity contribution in [2.24, 2.45) is 0 Å². The average Bonchev–Trinajstić information content (AvgIpc) is 2.04. The fourth-order valence-electron chi connectivity index (χ4n) is 0.829. The molecule has 1 aromatic carbocycles. The molecule has 0 atom stereocenters. The van der Waals surface area contributed by atoms with E-state index in [4.69, 9.17) is 0 Å². The van der Waals surface area contributed by atoms with E-state index in [1.54, 1.807) is 18.2 Å². The van der Waals surface area contributed by atoms with Crippen molar-refractivity contribution in [3.05, 3.63) is 42.3 Å². The van der Waals surface area contributed by atoms with E-state index >= 15 is 0 Å². The Bertz CT molecular complexity index is 271. The smallest absolute Gasteiger partial charge is 0.475 e. The van der Waals surface area contributed by atoms with Crippen LogP contribution in [0.2, 0.25) is 0 Å². The maximum atomic E-state index is 11.0. The average molecular weight is 215 g/mol. The molecule has 3 heteroatoms. The van der Waals surface area contributed by atoms with Gasteiger partial charge in [0, 0.05) is 0 Å². The monoisotopic (exact) mass is 213 g/mol. The Morgan fingerprint density at radius 2 is 2.00 bits per heavy atom. The van der Waals surface area contributed by atoms with Gasteiger partial charge in [-0.25, -0.2) is 0 Å². The van der Waals surface area contributed by atoms with Crippen LogP contribution in [0.15, 0.2) is 24.3 Å². The van der Waals surface area contributed by atoms with E-state index in [1.807, 2.05) is 6.07 Å². The molecule has 0 N–H and O–H groups in total. The van der Waals surface area contributed by atoms with E-state index in [0.717, 1.165) is 0 Å². The van der Waals surface area contributed by atoms with Crippen molar-refractivity contribution in [1.29, 1.82) is 0 Å². The topological polar surface area (TPSA) is 26.3 Å². The normalized spacial score (nSPS) is 8.42. The Labute approximate surface area is 84.7 Å². The van der Waals surface area contributed by atoms with E-state index in [9.17, 15) is 4.79 Å². The molecule has 0 radical (unpaired) electrons. The Morgan fingerprint density at radius 1 is 1.42 bits per heavy atom. The summed E-state index contributed by atoms with van der Waals surface area (Å²) in [5.41, 5.74) is 1.22. The molecule has 1 rings (SSSR count). The summed E-state index contributed by atoms with van der Waals surface area (Å²) in [6, 6.07) is 7.07. The van der Waals surface area contributed by atoms with Crippen LogP contribution >= 0.6 is 0 Å². The van der Waals surface area contributed by atoms with Crippen molar-refractivity contribution in [1.82, 2.24) is 0 Å². The molecule has 0 bridgehead atoms. The zero-order chi connectivity index (χ0) is 8.27. The van der Waals surface area contributed by atoms with Gasteiger partial charge in [0.05, 0.1) is 7.11 Å². The van der Waals surface area contributed by atoms with Crippen molar-refractivity contribution in [2.75, 3.05) is 7.11 Å². The minimum Gasteiger partial charge on any atom is -0.475 e. The molecule has 1 aromatic rings. The van der Waals surface area contributed by atoms with Gasteiger partial charge in [0.25, 0.3) is 5.97 Å². The summed E-state index contributed by atoms with van der Waals surface area (Å²) in [7, 11) is 1.36. The van der Waals surface area contributed by atoms with Crippen molar-refractivity contribution in [3.63, 3.8) is 0 Å². The quantitative estimate of drug-likeness (QED) is 0.404. The predicted molar refractivity (Wildman–Crippen MR) is 42.2 cm³/mol. The minimum atomic E-state index is -0.337. The van der Waals surface area contributed by atoms with Crippen molar-refractivity contribution in [2.45, 2.75) is 0 Å². The fourth-order valence-corrected chi connectivity index (χ4v) is 0.829. The van der Waals surface area contributed by atoms with E-state index in [2.05, 4.69) is 11.7 Å². The van der Waals surface area contributed by atoms with Crippen LogP contribution in [0.3, 0.4) is 0 Å². The number of hydrogen-bond donors (Lipinski definition) is 0. The Morgan fingerprint density at radius 3 is 2.50 bits per heavy atom. The molecule has 58 valence electrons. The Kier molecular flexibility index (Phi) is 4.61. The number of benzene rings is 1. The van der Waals surface area contributed by atoms with Crippen LogP contribution in [0.4, 0.5) is 0 Å². The van der Waals surface area contributed by atoms with Gasteiger partial charge >= 0.3 is 19.5 Å². The number of carbonyl (C=O) groups excluding carboxylic acids is 1. The number of carbonyl (C=O) groups is 1.